The van der Waals surface area contributed by atoms with Gasteiger partial charge >= 0.3 is 12.1 Å². The van der Waals surface area contributed by atoms with Crippen molar-refractivity contribution in [1.82, 2.24) is 5.32 Å². The van der Waals surface area contributed by atoms with Crippen LogP contribution in [0, 0.1) is 10.1 Å². The standard InChI is InChI=1S/C19H27N3O7/c1-18(2,3)28-15(23)11-14(21-17(25)29-19(4,5)6)16(24)20-12-8-7-9-13(10-12)22(26)27/h7-10,14H,11H2,1-6H3,(H,20,24)(H,21,25)/t14-/m1/s1. The lowest BCUT2D eigenvalue weighted by molar-refractivity contribution is -0.384. The molecule has 1 aromatic carbocycles. The zero-order valence-electron chi connectivity index (χ0n) is 17.4. The summed E-state index contributed by atoms with van der Waals surface area (Å²) in [5.74, 6) is -1.45. The van der Waals surface area contributed by atoms with Gasteiger partial charge in [-0.3, -0.25) is 19.7 Å². The van der Waals surface area contributed by atoms with E-state index < -0.39 is 46.6 Å². The van der Waals surface area contributed by atoms with Crippen molar-refractivity contribution >= 4 is 29.3 Å². The van der Waals surface area contributed by atoms with Crippen LogP contribution in [0.4, 0.5) is 16.2 Å². The van der Waals surface area contributed by atoms with Crippen LogP contribution in [0.15, 0.2) is 24.3 Å². The molecule has 0 radical (unpaired) electrons. The molecule has 10 nitrogen and oxygen atoms in total. The average Bonchev–Trinajstić information content (AvgIpc) is 2.50. The van der Waals surface area contributed by atoms with Crippen molar-refractivity contribution in [1.29, 1.82) is 0 Å². The van der Waals surface area contributed by atoms with E-state index in [1.54, 1.807) is 41.5 Å². The lowest BCUT2D eigenvalue weighted by Gasteiger charge is -2.24. The number of nitrogens with one attached hydrogen (secondary N) is 2. The van der Waals surface area contributed by atoms with E-state index in [1.807, 2.05) is 0 Å². The summed E-state index contributed by atoms with van der Waals surface area (Å²) in [6, 6.07) is 3.97. The van der Waals surface area contributed by atoms with Crippen LogP contribution < -0.4 is 10.6 Å². The molecule has 0 unspecified atom stereocenters. The summed E-state index contributed by atoms with van der Waals surface area (Å²) < 4.78 is 10.3. The van der Waals surface area contributed by atoms with Crippen molar-refractivity contribution in [2.75, 3.05) is 5.32 Å². The molecule has 0 aliphatic carbocycles. The van der Waals surface area contributed by atoms with E-state index in [9.17, 15) is 24.5 Å². The van der Waals surface area contributed by atoms with E-state index in [2.05, 4.69) is 10.6 Å². The average molecular weight is 409 g/mol. The minimum Gasteiger partial charge on any atom is -0.460 e. The van der Waals surface area contributed by atoms with Gasteiger partial charge in [0.25, 0.3) is 5.69 Å². The quantitative estimate of drug-likeness (QED) is 0.418. The predicted molar refractivity (Wildman–Crippen MR) is 105 cm³/mol. The van der Waals surface area contributed by atoms with E-state index in [-0.39, 0.29) is 11.4 Å². The third-order valence-corrected chi connectivity index (χ3v) is 3.12. The number of benzene rings is 1. The van der Waals surface area contributed by atoms with E-state index in [4.69, 9.17) is 9.47 Å². The number of nitro benzene ring substituents is 1. The number of amides is 2. The highest BCUT2D eigenvalue weighted by molar-refractivity contribution is 5.98. The fourth-order valence-corrected chi connectivity index (χ4v) is 2.14. The number of hydrogen-bond donors (Lipinski definition) is 2. The van der Waals surface area contributed by atoms with Crippen LogP contribution in [0.25, 0.3) is 0 Å². The number of nitrogens with zero attached hydrogens (tertiary/aromatic N) is 1. The van der Waals surface area contributed by atoms with Crippen LogP contribution in [-0.2, 0) is 19.1 Å². The maximum atomic E-state index is 12.6. The molecule has 0 aromatic heterocycles. The van der Waals surface area contributed by atoms with Gasteiger partial charge in [0.05, 0.1) is 11.3 Å². The molecule has 0 spiro atoms. The van der Waals surface area contributed by atoms with Crippen molar-refractivity contribution in [3.63, 3.8) is 0 Å². The molecule has 0 bridgehead atoms. The molecule has 0 heterocycles. The SMILES string of the molecule is CC(C)(C)OC(=O)C[C@@H](NC(=O)OC(C)(C)C)C(=O)Nc1cccc([N+](=O)[O-])c1. The maximum Gasteiger partial charge on any atom is 0.408 e. The molecule has 0 aliphatic heterocycles. The van der Waals surface area contributed by atoms with Gasteiger partial charge in [0.2, 0.25) is 5.91 Å². The van der Waals surface area contributed by atoms with Crippen molar-refractivity contribution in [3.05, 3.63) is 34.4 Å². The van der Waals surface area contributed by atoms with Gasteiger partial charge < -0.3 is 20.1 Å². The van der Waals surface area contributed by atoms with Crippen molar-refractivity contribution in [2.24, 2.45) is 0 Å². The van der Waals surface area contributed by atoms with Gasteiger partial charge in [-0.2, -0.15) is 0 Å². The van der Waals surface area contributed by atoms with Gasteiger partial charge in [-0.25, -0.2) is 4.79 Å². The third-order valence-electron chi connectivity index (χ3n) is 3.12. The number of carbonyl (C=O) groups excluding carboxylic acids is 3. The molecule has 0 fully saturated rings. The number of alkyl carbamates (subject to hydrolysis) is 1. The Hall–Kier alpha value is -3.17. The molecule has 10 heteroatoms. The summed E-state index contributed by atoms with van der Waals surface area (Å²) in [6.45, 7) is 9.97. The summed E-state index contributed by atoms with van der Waals surface area (Å²) in [5, 5.41) is 15.7. The number of hydrogen-bond acceptors (Lipinski definition) is 7. The lowest BCUT2D eigenvalue weighted by Crippen LogP contribution is -2.47. The van der Waals surface area contributed by atoms with Gasteiger partial charge in [-0.1, -0.05) is 6.07 Å². The van der Waals surface area contributed by atoms with Gasteiger partial charge in [0.15, 0.2) is 0 Å². The number of ether oxygens (including phenoxy) is 2. The number of rotatable bonds is 6. The van der Waals surface area contributed by atoms with Crippen LogP contribution in [0.1, 0.15) is 48.0 Å². The highest BCUT2D eigenvalue weighted by atomic mass is 16.6. The molecule has 29 heavy (non-hydrogen) atoms. The molecule has 0 aliphatic rings. The zero-order chi connectivity index (χ0) is 22.4. The first-order valence-electron chi connectivity index (χ1n) is 8.93. The fraction of sp³-hybridized carbons (Fsp3) is 0.526. The summed E-state index contributed by atoms with van der Waals surface area (Å²) in [6.07, 6.45) is -1.34. The number of anilines is 1. The summed E-state index contributed by atoms with van der Waals surface area (Å²) in [4.78, 5) is 47.2. The highest BCUT2D eigenvalue weighted by Gasteiger charge is 2.29. The smallest absolute Gasteiger partial charge is 0.408 e. The van der Waals surface area contributed by atoms with Crippen LogP contribution in [0.5, 0.6) is 0 Å². The van der Waals surface area contributed by atoms with E-state index in [1.165, 1.54) is 18.2 Å². The van der Waals surface area contributed by atoms with Gasteiger partial charge in [-0.05, 0) is 47.6 Å². The molecule has 2 N–H and O–H groups in total. The fourth-order valence-electron chi connectivity index (χ4n) is 2.14. The number of esters is 1. The van der Waals surface area contributed by atoms with E-state index in [0.717, 1.165) is 6.07 Å². The minimum absolute atomic E-state index is 0.143. The topological polar surface area (TPSA) is 137 Å². The predicted octanol–water partition coefficient (Wildman–Crippen LogP) is 3.16. The number of nitro groups is 1. The molecular weight excluding hydrogens is 382 g/mol. The molecule has 1 atom stereocenters. The van der Waals surface area contributed by atoms with E-state index >= 15 is 0 Å². The summed E-state index contributed by atoms with van der Waals surface area (Å²) in [5.41, 5.74) is -1.66. The summed E-state index contributed by atoms with van der Waals surface area (Å²) in [7, 11) is 0. The Morgan fingerprint density at radius 2 is 1.66 bits per heavy atom. The van der Waals surface area contributed by atoms with Gasteiger partial charge in [0, 0.05) is 17.8 Å². The third kappa shape index (κ3) is 9.54. The minimum atomic E-state index is -1.31. The Bertz CT molecular complexity index is 749. The van der Waals surface area contributed by atoms with Crippen molar-refractivity contribution in [3.8, 4) is 0 Å². The Morgan fingerprint density at radius 3 is 2.17 bits per heavy atom. The molecule has 0 saturated heterocycles. The first-order valence-corrected chi connectivity index (χ1v) is 8.93. The normalized spacial score (nSPS) is 12.5. The second kappa shape index (κ2) is 9.35. The molecule has 1 aromatic rings. The van der Waals surface area contributed by atoms with Crippen molar-refractivity contribution in [2.45, 2.75) is 65.2 Å². The van der Waals surface area contributed by atoms with Crippen molar-refractivity contribution < 1.29 is 28.8 Å². The Balaban J connectivity index is 2.97. The number of non-ortho nitro benzene ring substituents is 1. The maximum absolute atomic E-state index is 12.6. The van der Waals surface area contributed by atoms with Crippen LogP contribution in [0.2, 0.25) is 0 Å². The largest absolute Gasteiger partial charge is 0.460 e. The number of carbonyl (C=O) groups is 3. The molecule has 0 saturated carbocycles. The van der Waals surface area contributed by atoms with Crippen LogP contribution in [-0.4, -0.2) is 40.1 Å². The molecular formula is C19H27N3O7. The van der Waals surface area contributed by atoms with E-state index in [0.29, 0.717) is 0 Å². The second-order valence-electron chi connectivity index (χ2n) is 8.29. The Morgan fingerprint density at radius 1 is 1.07 bits per heavy atom. The molecule has 160 valence electrons. The molecule has 2 amide bonds. The molecule has 1 rings (SSSR count). The van der Waals surface area contributed by atoms with Gasteiger partial charge in [0.1, 0.15) is 17.2 Å². The van der Waals surface area contributed by atoms with Crippen LogP contribution >= 0.6 is 0 Å². The second-order valence-corrected chi connectivity index (χ2v) is 8.29. The summed E-state index contributed by atoms with van der Waals surface area (Å²) >= 11 is 0. The lowest BCUT2D eigenvalue weighted by atomic mass is 10.1. The first-order chi connectivity index (χ1) is 13.2. The monoisotopic (exact) mass is 409 g/mol. The first kappa shape index (κ1) is 23.9. The highest BCUT2D eigenvalue weighted by Crippen LogP contribution is 2.18. The Kier molecular flexibility index (Phi) is 7.70. The zero-order valence-corrected chi connectivity index (χ0v) is 17.4. The van der Waals surface area contributed by atoms with Crippen LogP contribution in [0.3, 0.4) is 0 Å². The Labute approximate surface area is 169 Å². The van der Waals surface area contributed by atoms with Gasteiger partial charge in [-0.15, -0.1) is 0 Å².